The number of carbonyl (C=O) groups excluding carboxylic acids is 2. The van der Waals surface area contributed by atoms with Gasteiger partial charge >= 0.3 is 6.36 Å². The Bertz CT molecular complexity index is 1260. The number of amides is 2. The molecular formula is C25H29F3N4O5S. The monoisotopic (exact) mass is 554 g/mol. The zero-order chi connectivity index (χ0) is 27.3. The van der Waals surface area contributed by atoms with Gasteiger partial charge in [0.2, 0.25) is 11.8 Å². The molecule has 38 heavy (non-hydrogen) atoms. The first-order valence-corrected chi connectivity index (χ1v) is 14.3. The number of benzene rings is 1. The van der Waals surface area contributed by atoms with Crippen LogP contribution in [0, 0.1) is 11.3 Å². The zero-order valence-corrected chi connectivity index (χ0v) is 21.5. The lowest BCUT2D eigenvalue weighted by molar-refractivity contribution is -0.275. The third-order valence-electron chi connectivity index (χ3n) is 8.06. The van der Waals surface area contributed by atoms with Crippen molar-refractivity contribution in [3.8, 4) is 11.8 Å². The first-order valence-electron chi connectivity index (χ1n) is 12.8. The van der Waals surface area contributed by atoms with E-state index in [1.165, 1.54) is 17.0 Å². The van der Waals surface area contributed by atoms with Crippen LogP contribution in [0.25, 0.3) is 0 Å². The Balaban J connectivity index is 1.45. The summed E-state index contributed by atoms with van der Waals surface area (Å²) in [7, 11) is -4.44. The van der Waals surface area contributed by atoms with Gasteiger partial charge in [-0.25, -0.2) is 8.42 Å². The molecule has 2 heterocycles. The van der Waals surface area contributed by atoms with Crippen molar-refractivity contribution >= 4 is 21.7 Å². The lowest BCUT2D eigenvalue weighted by atomic mass is 10.1. The first kappa shape index (κ1) is 26.7. The maximum atomic E-state index is 13.9. The Morgan fingerprint density at radius 3 is 2.32 bits per heavy atom. The Hall–Kier alpha value is -2.85. The Morgan fingerprint density at radius 1 is 1.08 bits per heavy atom. The van der Waals surface area contributed by atoms with Crippen molar-refractivity contribution in [2.75, 3.05) is 19.6 Å². The summed E-state index contributed by atoms with van der Waals surface area (Å²) < 4.78 is 70.2. The van der Waals surface area contributed by atoms with Crippen molar-refractivity contribution in [2.45, 2.75) is 85.0 Å². The number of nitriles is 1. The van der Waals surface area contributed by atoms with Gasteiger partial charge in [-0.05, 0) is 70.2 Å². The number of carbonyl (C=O) groups is 2. The van der Waals surface area contributed by atoms with Crippen molar-refractivity contribution in [1.82, 2.24) is 15.1 Å². The Kier molecular flexibility index (Phi) is 6.62. The second kappa shape index (κ2) is 9.41. The molecule has 2 amide bonds. The largest absolute Gasteiger partial charge is 0.573 e. The molecule has 0 unspecified atom stereocenters. The van der Waals surface area contributed by atoms with E-state index in [4.69, 9.17) is 0 Å². The highest BCUT2D eigenvalue weighted by Gasteiger charge is 2.60. The number of ether oxygens (including phenoxy) is 1. The van der Waals surface area contributed by atoms with Crippen LogP contribution in [0.3, 0.4) is 0 Å². The fraction of sp³-hybridized carbons (Fsp3) is 0.640. The molecule has 1 aromatic carbocycles. The van der Waals surface area contributed by atoms with Crippen LogP contribution in [0.1, 0.15) is 51.4 Å². The average Bonchev–Trinajstić information content (AvgIpc) is 3.80. The third kappa shape index (κ3) is 4.96. The number of sulfone groups is 1. The van der Waals surface area contributed by atoms with Crippen LogP contribution < -0.4 is 10.1 Å². The fourth-order valence-corrected chi connectivity index (χ4v) is 7.46. The van der Waals surface area contributed by atoms with Crippen molar-refractivity contribution in [3.05, 3.63) is 24.3 Å². The van der Waals surface area contributed by atoms with E-state index in [2.05, 4.69) is 21.0 Å². The van der Waals surface area contributed by atoms with Crippen molar-refractivity contribution in [2.24, 2.45) is 0 Å². The van der Waals surface area contributed by atoms with E-state index < -0.39 is 55.1 Å². The van der Waals surface area contributed by atoms with E-state index in [0.29, 0.717) is 25.7 Å². The Labute approximate surface area is 218 Å². The number of hydrogen-bond acceptors (Lipinski definition) is 7. The molecule has 0 aromatic heterocycles. The van der Waals surface area contributed by atoms with Crippen molar-refractivity contribution in [3.63, 3.8) is 0 Å². The molecule has 2 aliphatic heterocycles. The van der Waals surface area contributed by atoms with Crippen molar-refractivity contribution in [1.29, 1.82) is 5.26 Å². The molecular weight excluding hydrogens is 525 g/mol. The number of piperidine rings is 1. The molecule has 1 aromatic rings. The molecule has 0 bridgehead atoms. The van der Waals surface area contributed by atoms with Crippen LogP contribution in [0.2, 0.25) is 0 Å². The van der Waals surface area contributed by atoms with Gasteiger partial charge in [0.05, 0.1) is 11.3 Å². The van der Waals surface area contributed by atoms with Gasteiger partial charge in [-0.2, -0.15) is 5.26 Å². The van der Waals surface area contributed by atoms with Crippen LogP contribution in [0.15, 0.2) is 29.2 Å². The lowest BCUT2D eigenvalue weighted by Gasteiger charge is -2.37. The molecule has 5 rings (SSSR count). The van der Waals surface area contributed by atoms with Crippen LogP contribution in [-0.2, 0) is 19.4 Å². The molecule has 0 spiro atoms. The van der Waals surface area contributed by atoms with Gasteiger partial charge in [0.25, 0.3) is 0 Å². The normalized spacial score (nSPS) is 26.3. The highest BCUT2D eigenvalue weighted by atomic mass is 32.2. The maximum absolute atomic E-state index is 13.9. The number of nitrogens with zero attached hydrogens (tertiary/aromatic N) is 3. The minimum atomic E-state index is -5.10. The summed E-state index contributed by atoms with van der Waals surface area (Å²) in [6.45, 7) is 1.13. The van der Waals surface area contributed by atoms with E-state index >= 15 is 0 Å². The number of halogens is 3. The first-order chi connectivity index (χ1) is 17.9. The summed E-state index contributed by atoms with van der Waals surface area (Å²) in [5.41, 5.74) is -1.82. The number of rotatable bonds is 7. The van der Waals surface area contributed by atoms with E-state index in [9.17, 15) is 36.4 Å². The van der Waals surface area contributed by atoms with E-state index in [0.717, 1.165) is 44.5 Å². The fourth-order valence-electron chi connectivity index (χ4n) is 5.65. The summed E-state index contributed by atoms with van der Waals surface area (Å²) in [6.07, 6.45) is -0.350. The predicted octanol–water partition coefficient (Wildman–Crippen LogP) is 2.52. The van der Waals surface area contributed by atoms with Crippen LogP contribution in [0.5, 0.6) is 5.75 Å². The van der Waals surface area contributed by atoms with Gasteiger partial charge in [0.1, 0.15) is 27.8 Å². The van der Waals surface area contributed by atoms with Gasteiger partial charge in [-0.3, -0.25) is 14.5 Å². The molecule has 2 saturated heterocycles. The number of likely N-dealkylation sites (tertiary alicyclic amines) is 2. The molecule has 2 atom stereocenters. The molecule has 2 aliphatic carbocycles. The zero-order valence-electron chi connectivity index (χ0n) is 20.7. The quantitative estimate of drug-likeness (QED) is 0.550. The van der Waals surface area contributed by atoms with Crippen molar-refractivity contribution < 1.29 is 35.9 Å². The molecule has 1 N–H and O–H groups in total. The second-order valence-electron chi connectivity index (χ2n) is 10.6. The predicted molar refractivity (Wildman–Crippen MR) is 127 cm³/mol. The number of alkyl halides is 3. The molecule has 0 radical (unpaired) electrons. The molecule has 13 heteroatoms. The number of nitrogens with one attached hydrogen (secondary N) is 1. The van der Waals surface area contributed by atoms with Gasteiger partial charge in [-0.15, -0.1) is 13.2 Å². The summed E-state index contributed by atoms with van der Waals surface area (Å²) in [6, 6.07) is 5.36. The van der Waals surface area contributed by atoms with Crippen LogP contribution >= 0.6 is 0 Å². The number of para-hydroxylation sites is 1. The Morgan fingerprint density at radius 2 is 1.74 bits per heavy atom. The third-order valence-corrected chi connectivity index (χ3v) is 10.2. The lowest BCUT2D eigenvalue weighted by Crippen LogP contribution is -2.57. The van der Waals surface area contributed by atoms with Crippen LogP contribution in [0.4, 0.5) is 13.2 Å². The minimum absolute atomic E-state index is 0.294. The number of hydrogen-bond donors (Lipinski definition) is 1. The molecule has 4 aliphatic rings. The van der Waals surface area contributed by atoms with E-state index in [1.54, 1.807) is 0 Å². The van der Waals surface area contributed by atoms with E-state index in [-0.39, 0.29) is 18.9 Å². The maximum Gasteiger partial charge on any atom is 0.573 e. The van der Waals surface area contributed by atoms with Gasteiger partial charge < -0.3 is 15.0 Å². The summed E-state index contributed by atoms with van der Waals surface area (Å²) in [5, 5.41) is 10.8. The smallest absolute Gasteiger partial charge is 0.404 e. The van der Waals surface area contributed by atoms with Gasteiger partial charge in [0, 0.05) is 6.54 Å². The highest BCUT2D eigenvalue weighted by molar-refractivity contribution is 7.92. The average molecular weight is 555 g/mol. The van der Waals surface area contributed by atoms with Crippen LogP contribution in [-0.4, -0.2) is 78.4 Å². The molecule has 2 saturated carbocycles. The standard InChI is InChI=1S/C25H29F3N4O5S/c26-25(27,28)37-19-6-2-3-7-20(19)38(35,36)17-14-18(21(33)30-23(16-29)8-9-23)32(15-17)22(34)24(10-11-24)31-12-4-1-5-13-31/h2-3,6-7,17-18H,1,4-5,8-15H2,(H,30,33)/t17-,18+/m1/s1. The minimum Gasteiger partial charge on any atom is -0.404 e. The second-order valence-corrected chi connectivity index (χ2v) is 12.8. The van der Waals surface area contributed by atoms with E-state index in [1.807, 2.05) is 0 Å². The SMILES string of the molecule is N#CC1(NC(=O)[C@@H]2C[C@@H](S(=O)(=O)c3ccccc3OC(F)(F)F)CN2C(=O)C2(N3CCCCC3)CC2)CC1. The summed E-state index contributed by atoms with van der Waals surface area (Å²) in [4.78, 5) is 30.0. The summed E-state index contributed by atoms with van der Waals surface area (Å²) in [5.74, 6) is -1.82. The topological polar surface area (TPSA) is 120 Å². The molecule has 4 fully saturated rings. The molecule has 206 valence electrons. The summed E-state index contributed by atoms with van der Waals surface area (Å²) >= 11 is 0. The molecule has 9 nitrogen and oxygen atoms in total. The van der Waals surface area contributed by atoms with Gasteiger partial charge in [-0.1, -0.05) is 18.6 Å². The van der Waals surface area contributed by atoms with Gasteiger partial charge in [0.15, 0.2) is 9.84 Å². The highest BCUT2D eigenvalue weighted by Crippen LogP contribution is 2.47.